The van der Waals surface area contributed by atoms with Crippen LogP contribution in [0.15, 0.2) is 42.5 Å². The molecule has 1 saturated carbocycles. The number of ether oxygens (including phenoxy) is 1. The zero-order valence-corrected chi connectivity index (χ0v) is 23.6. The first kappa shape index (κ1) is 29.1. The van der Waals surface area contributed by atoms with Gasteiger partial charge < -0.3 is 15.0 Å². The maximum absolute atomic E-state index is 13.8. The van der Waals surface area contributed by atoms with Gasteiger partial charge in [-0.15, -0.1) is 0 Å². The van der Waals surface area contributed by atoms with Crippen molar-refractivity contribution in [3.05, 3.63) is 58.1 Å². The summed E-state index contributed by atoms with van der Waals surface area (Å²) in [5, 5.41) is 3.77. The summed E-state index contributed by atoms with van der Waals surface area (Å²) in [7, 11) is -2.33. The van der Waals surface area contributed by atoms with E-state index in [-0.39, 0.29) is 18.5 Å². The van der Waals surface area contributed by atoms with E-state index in [4.69, 9.17) is 27.9 Å². The fourth-order valence-electron chi connectivity index (χ4n) is 4.50. The minimum absolute atomic E-state index is 0.0475. The molecule has 0 aliphatic heterocycles. The Labute approximate surface area is 228 Å². The van der Waals surface area contributed by atoms with Crippen LogP contribution in [-0.4, -0.2) is 57.1 Å². The molecular weight excluding hydrogens is 537 g/mol. The number of nitrogens with zero attached hydrogens (tertiary/aromatic N) is 2. The molecule has 37 heavy (non-hydrogen) atoms. The highest BCUT2D eigenvalue weighted by Crippen LogP contribution is 2.28. The number of amides is 2. The second-order valence-electron chi connectivity index (χ2n) is 9.10. The van der Waals surface area contributed by atoms with E-state index in [1.165, 1.54) is 12.0 Å². The van der Waals surface area contributed by atoms with Gasteiger partial charge in [-0.1, -0.05) is 49.0 Å². The van der Waals surface area contributed by atoms with E-state index in [1.54, 1.807) is 42.5 Å². The largest absolute Gasteiger partial charge is 0.497 e. The lowest BCUT2D eigenvalue weighted by Gasteiger charge is -2.33. The fraction of sp³-hybridized carbons (Fsp3) is 0.462. The van der Waals surface area contributed by atoms with E-state index in [9.17, 15) is 18.0 Å². The summed E-state index contributed by atoms with van der Waals surface area (Å²) in [5.41, 5.74) is 0.789. The van der Waals surface area contributed by atoms with Crippen LogP contribution in [0.2, 0.25) is 10.0 Å². The van der Waals surface area contributed by atoms with Gasteiger partial charge in [0, 0.05) is 28.2 Å². The topological polar surface area (TPSA) is 96.0 Å². The number of methoxy groups -OCH3 is 1. The first-order valence-corrected chi connectivity index (χ1v) is 14.8. The van der Waals surface area contributed by atoms with Crippen LogP contribution in [0, 0.1) is 0 Å². The number of benzene rings is 2. The summed E-state index contributed by atoms with van der Waals surface area (Å²) < 4.78 is 31.6. The van der Waals surface area contributed by atoms with Crippen LogP contribution >= 0.6 is 23.2 Å². The Morgan fingerprint density at radius 3 is 2.19 bits per heavy atom. The lowest BCUT2D eigenvalue weighted by Crippen LogP contribution is -2.53. The maximum atomic E-state index is 13.8. The number of sulfonamides is 1. The Balaban J connectivity index is 1.96. The molecule has 1 fully saturated rings. The highest BCUT2D eigenvalue weighted by atomic mass is 35.5. The molecule has 0 spiro atoms. The van der Waals surface area contributed by atoms with E-state index in [0.29, 0.717) is 33.5 Å². The molecule has 8 nitrogen and oxygen atoms in total. The van der Waals surface area contributed by atoms with Crippen LogP contribution in [0.3, 0.4) is 0 Å². The van der Waals surface area contributed by atoms with Gasteiger partial charge in [0.1, 0.15) is 18.3 Å². The lowest BCUT2D eigenvalue weighted by molar-refractivity contribution is -0.140. The summed E-state index contributed by atoms with van der Waals surface area (Å²) in [6.07, 6.45) is 5.24. The second kappa shape index (κ2) is 12.8. The molecule has 0 aromatic heterocycles. The summed E-state index contributed by atoms with van der Waals surface area (Å²) >= 11 is 12.8. The number of carbonyl (C=O) groups is 2. The molecule has 0 radical (unpaired) electrons. The van der Waals surface area contributed by atoms with Crippen molar-refractivity contribution in [2.24, 2.45) is 0 Å². The average Bonchev–Trinajstić information content (AvgIpc) is 3.36. The van der Waals surface area contributed by atoms with Crippen LogP contribution in [0.1, 0.15) is 44.6 Å². The van der Waals surface area contributed by atoms with Gasteiger partial charge in [0.2, 0.25) is 21.8 Å². The van der Waals surface area contributed by atoms with Gasteiger partial charge in [-0.25, -0.2) is 8.42 Å². The molecule has 2 amide bonds. The van der Waals surface area contributed by atoms with Crippen molar-refractivity contribution in [2.45, 2.75) is 57.7 Å². The number of hydrogen-bond donors (Lipinski definition) is 1. The molecule has 11 heteroatoms. The van der Waals surface area contributed by atoms with Gasteiger partial charge in [-0.05, 0) is 55.7 Å². The Morgan fingerprint density at radius 1 is 1.08 bits per heavy atom. The molecule has 1 aliphatic rings. The van der Waals surface area contributed by atoms with Crippen LogP contribution in [0.5, 0.6) is 5.75 Å². The van der Waals surface area contributed by atoms with E-state index < -0.39 is 28.5 Å². The summed E-state index contributed by atoms with van der Waals surface area (Å²) in [6, 6.07) is 10.6. The number of nitrogens with one attached hydrogen (secondary N) is 1. The van der Waals surface area contributed by atoms with Crippen molar-refractivity contribution >= 4 is 50.7 Å². The molecule has 1 N–H and O–H groups in total. The molecule has 3 rings (SSSR count). The van der Waals surface area contributed by atoms with E-state index in [1.807, 2.05) is 6.92 Å². The van der Waals surface area contributed by atoms with Crippen molar-refractivity contribution in [3.8, 4) is 5.75 Å². The highest BCUT2D eigenvalue weighted by Gasteiger charge is 2.33. The predicted molar refractivity (Wildman–Crippen MR) is 147 cm³/mol. The van der Waals surface area contributed by atoms with E-state index in [0.717, 1.165) is 36.2 Å². The van der Waals surface area contributed by atoms with Gasteiger partial charge in [0.15, 0.2) is 0 Å². The SMILES string of the molecule is CCC(C(=O)NC1CCCC1)N(Cc1c(Cl)cccc1Cl)C(=O)CN(c1ccc(OC)cc1)S(C)(=O)=O. The number of hydrogen-bond acceptors (Lipinski definition) is 5. The molecule has 2 aromatic carbocycles. The predicted octanol–water partition coefficient (Wildman–Crippen LogP) is 4.63. The number of anilines is 1. The normalized spacial score (nSPS) is 14.7. The average molecular weight is 571 g/mol. The maximum Gasteiger partial charge on any atom is 0.244 e. The zero-order valence-electron chi connectivity index (χ0n) is 21.2. The monoisotopic (exact) mass is 569 g/mol. The van der Waals surface area contributed by atoms with E-state index in [2.05, 4.69) is 5.32 Å². The molecule has 202 valence electrons. The number of rotatable bonds is 11. The Morgan fingerprint density at radius 2 is 1.68 bits per heavy atom. The molecule has 1 atom stereocenters. The second-order valence-corrected chi connectivity index (χ2v) is 11.8. The molecule has 0 heterocycles. The third-order valence-corrected chi connectivity index (χ3v) is 8.37. The quantitative estimate of drug-likeness (QED) is 0.425. The molecular formula is C26H33Cl2N3O5S. The van der Waals surface area contributed by atoms with Crippen molar-refractivity contribution in [2.75, 3.05) is 24.2 Å². The third-order valence-electron chi connectivity index (χ3n) is 6.52. The Bertz CT molecular complexity index is 1180. The Hall–Kier alpha value is -2.49. The van der Waals surface area contributed by atoms with Crippen LogP contribution in [0.4, 0.5) is 5.69 Å². The summed E-state index contributed by atoms with van der Waals surface area (Å²) in [6.45, 7) is 1.26. The van der Waals surface area contributed by atoms with Crippen LogP contribution < -0.4 is 14.4 Å². The van der Waals surface area contributed by atoms with E-state index >= 15 is 0 Å². The highest BCUT2D eigenvalue weighted by molar-refractivity contribution is 7.92. The summed E-state index contributed by atoms with van der Waals surface area (Å²) in [5.74, 6) is -0.278. The first-order chi connectivity index (χ1) is 17.5. The van der Waals surface area contributed by atoms with Crippen molar-refractivity contribution < 1.29 is 22.7 Å². The molecule has 0 saturated heterocycles. The molecule has 0 bridgehead atoms. The summed E-state index contributed by atoms with van der Waals surface area (Å²) in [4.78, 5) is 28.5. The smallest absolute Gasteiger partial charge is 0.244 e. The third kappa shape index (κ3) is 7.52. The number of carbonyl (C=O) groups excluding carboxylic acids is 2. The van der Waals surface area contributed by atoms with Crippen molar-refractivity contribution in [3.63, 3.8) is 0 Å². The first-order valence-electron chi connectivity index (χ1n) is 12.2. The standard InChI is InChI=1S/C26H33Cl2N3O5S/c1-4-24(26(33)29-18-8-5-6-9-18)30(16-21-22(27)10-7-11-23(21)28)25(32)17-31(37(3,34)35)19-12-14-20(36-2)15-13-19/h7,10-15,18,24H,4-6,8-9,16-17H2,1-3H3,(H,29,33). The minimum atomic E-state index is -3.83. The Kier molecular flexibility index (Phi) is 10.1. The fourth-order valence-corrected chi connectivity index (χ4v) is 5.87. The lowest BCUT2D eigenvalue weighted by atomic mass is 10.1. The van der Waals surface area contributed by atoms with Gasteiger partial charge in [-0.3, -0.25) is 13.9 Å². The van der Waals surface area contributed by atoms with Crippen molar-refractivity contribution in [1.29, 1.82) is 0 Å². The van der Waals surface area contributed by atoms with Gasteiger partial charge in [0.05, 0.1) is 19.1 Å². The van der Waals surface area contributed by atoms with Crippen molar-refractivity contribution in [1.82, 2.24) is 10.2 Å². The minimum Gasteiger partial charge on any atom is -0.497 e. The van der Waals surface area contributed by atoms with Crippen LogP contribution in [-0.2, 0) is 26.2 Å². The number of halogens is 2. The van der Waals surface area contributed by atoms with Gasteiger partial charge >= 0.3 is 0 Å². The molecule has 2 aromatic rings. The van der Waals surface area contributed by atoms with Gasteiger partial charge in [-0.2, -0.15) is 0 Å². The zero-order chi connectivity index (χ0) is 27.2. The van der Waals surface area contributed by atoms with Gasteiger partial charge in [0.25, 0.3) is 0 Å². The van der Waals surface area contributed by atoms with Crippen LogP contribution in [0.25, 0.3) is 0 Å². The molecule has 1 unspecified atom stereocenters. The molecule has 1 aliphatic carbocycles.